The van der Waals surface area contributed by atoms with Gasteiger partial charge in [-0.25, -0.2) is 0 Å². The Bertz CT molecular complexity index is 2450. The Labute approximate surface area is 275 Å². The zero-order chi connectivity index (χ0) is 30.7. The molecule has 5 heterocycles. The second-order valence-electron chi connectivity index (χ2n) is 10.8. The summed E-state index contributed by atoms with van der Waals surface area (Å²) in [4.78, 5) is 27.7. The Morgan fingerprint density at radius 1 is 0.578 bits per heavy atom. The molecule has 0 fully saturated rings. The molecule has 0 saturated carbocycles. The lowest BCUT2D eigenvalue weighted by Gasteiger charge is -2.29. The molecular weight excluding hydrogens is 661 g/mol. The van der Waals surface area contributed by atoms with Gasteiger partial charge in [0, 0.05) is 65.7 Å². The molecule has 2 aliphatic rings. The van der Waals surface area contributed by atoms with Crippen molar-refractivity contribution in [2.24, 2.45) is 14.1 Å². The molecule has 0 aliphatic heterocycles. The second-order valence-corrected chi connectivity index (χ2v) is 16.1. The van der Waals surface area contributed by atoms with E-state index in [-0.39, 0.29) is 45.4 Å². The van der Waals surface area contributed by atoms with Crippen molar-refractivity contribution in [1.82, 2.24) is 0 Å². The van der Waals surface area contributed by atoms with Crippen LogP contribution in [0.25, 0.3) is 62.5 Å². The summed E-state index contributed by atoms with van der Waals surface area (Å²) in [5, 5.41) is 28.1. The van der Waals surface area contributed by atoms with Crippen molar-refractivity contribution in [2.45, 2.75) is 0 Å². The summed E-state index contributed by atoms with van der Waals surface area (Å²) in [5.41, 5.74) is 2.98. The van der Waals surface area contributed by atoms with Crippen LogP contribution in [0.4, 0.5) is 0 Å². The van der Waals surface area contributed by atoms with Crippen molar-refractivity contribution in [3.63, 3.8) is 0 Å². The zero-order valence-electron chi connectivity index (χ0n) is 23.5. The Morgan fingerprint density at radius 2 is 1.00 bits per heavy atom. The summed E-state index contributed by atoms with van der Waals surface area (Å²) < 4.78 is 10.1. The molecular formula is C34H18N2O4S5. The molecule has 5 aromatic heterocycles. The molecule has 2 aliphatic carbocycles. The normalized spacial score (nSPS) is 17.3. The number of hydrogen-bond acceptors (Lipinski definition) is 9. The van der Waals surface area contributed by atoms with Crippen molar-refractivity contribution in [3.05, 3.63) is 103 Å². The van der Waals surface area contributed by atoms with E-state index in [2.05, 4.69) is 0 Å². The molecule has 0 unspecified atom stereocenters. The van der Waals surface area contributed by atoms with Gasteiger partial charge in [0.25, 0.3) is 10.0 Å². The van der Waals surface area contributed by atoms with Crippen LogP contribution in [0.15, 0.2) is 83.3 Å². The third kappa shape index (κ3) is 3.82. The number of benzene rings is 2. The summed E-state index contributed by atoms with van der Waals surface area (Å²) in [7, 11) is 3.87. The maximum Gasteiger partial charge on any atom is 0.263 e. The van der Waals surface area contributed by atoms with E-state index in [9.17, 15) is 19.8 Å². The quantitative estimate of drug-likeness (QED) is 0.176. The van der Waals surface area contributed by atoms with Gasteiger partial charge < -0.3 is 10.2 Å². The third-order valence-corrected chi connectivity index (χ3v) is 14.4. The predicted octanol–water partition coefficient (Wildman–Crippen LogP) is 5.73. The number of nitrogens with zero attached hydrogens (tertiary/aromatic N) is 2. The number of fused-ring (bicyclic) bond motifs is 5. The van der Waals surface area contributed by atoms with E-state index in [1.54, 1.807) is 46.2 Å². The van der Waals surface area contributed by atoms with E-state index in [0.717, 1.165) is 49.2 Å². The third-order valence-electron chi connectivity index (χ3n) is 8.28. The van der Waals surface area contributed by atoms with Gasteiger partial charge in [0.1, 0.15) is 23.5 Å². The number of ketones is 2. The SMILES string of the molecule is C[n+]1c(/C=C2\C(=O)C(c3cc4sc5cc(C6=C([O-])/C(=C\c7sc8ccccc8[n+]7C)C6=O)sc5c4s3)=C2[O-])sc2ccccc21. The summed E-state index contributed by atoms with van der Waals surface area (Å²) in [5.74, 6) is -0.937. The van der Waals surface area contributed by atoms with Gasteiger partial charge in [-0.05, 0) is 24.3 Å². The minimum atomic E-state index is -0.234. The lowest BCUT2D eigenvalue weighted by Crippen LogP contribution is -2.32. The zero-order valence-corrected chi connectivity index (χ0v) is 27.6. The van der Waals surface area contributed by atoms with Gasteiger partial charge in [0.15, 0.2) is 11.6 Å². The molecule has 218 valence electrons. The van der Waals surface area contributed by atoms with Crippen molar-refractivity contribution < 1.29 is 28.9 Å². The largest absolute Gasteiger partial charge is 0.871 e. The highest BCUT2D eigenvalue weighted by Crippen LogP contribution is 2.50. The lowest BCUT2D eigenvalue weighted by atomic mass is 9.87. The first-order chi connectivity index (χ1) is 21.8. The van der Waals surface area contributed by atoms with Crippen LogP contribution >= 0.6 is 56.7 Å². The van der Waals surface area contributed by atoms with Gasteiger partial charge in [-0.2, -0.15) is 9.13 Å². The van der Waals surface area contributed by atoms with Crippen LogP contribution in [0.2, 0.25) is 0 Å². The summed E-state index contributed by atoms with van der Waals surface area (Å²) in [6.07, 6.45) is 3.40. The minimum Gasteiger partial charge on any atom is -0.871 e. The van der Waals surface area contributed by atoms with Gasteiger partial charge in [0.05, 0.1) is 9.40 Å². The van der Waals surface area contributed by atoms with Crippen LogP contribution in [0.5, 0.6) is 0 Å². The number of hydrogen-bond donors (Lipinski definition) is 0. The molecule has 9 rings (SSSR count). The van der Waals surface area contributed by atoms with E-state index >= 15 is 0 Å². The smallest absolute Gasteiger partial charge is 0.263 e. The van der Waals surface area contributed by atoms with Gasteiger partial charge >= 0.3 is 0 Å². The predicted molar refractivity (Wildman–Crippen MR) is 181 cm³/mol. The Balaban J connectivity index is 1.05. The highest BCUT2D eigenvalue weighted by atomic mass is 32.1. The average molecular weight is 679 g/mol. The number of Topliss-reactive ketones (excluding diaryl/α,β-unsaturated/α-hetero) is 2. The Morgan fingerprint density at radius 3 is 1.40 bits per heavy atom. The highest BCUT2D eigenvalue weighted by molar-refractivity contribution is 7.39. The first kappa shape index (κ1) is 27.1. The lowest BCUT2D eigenvalue weighted by molar-refractivity contribution is -0.642. The number of carbonyl (C=O) groups excluding carboxylic acids is 2. The molecule has 7 aromatic rings. The van der Waals surface area contributed by atoms with E-state index in [1.807, 2.05) is 83.9 Å². The van der Waals surface area contributed by atoms with Crippen molar-refractivity contribution >= 4 is 131 Å². The number of thiazole rings is 2. The maximum absolute atomic E-state index is 13.2. The maximum atomic E-state index is 13.2. The molecule has 0 radical (unpaired) electrons. The van der Waals surface area contributed by atoms with Gasteiger partial charge in [0.2, 0.25) is 11.0 Å². The van der Waals surface area contributed by atoms with E-state index in [1.165, 1.54) is 22.7 Å². The number of aryl methyl sites for hydroxylation is 2. The Kier molecular flexibility index (Phi) is 5.79. The fourth-order valence-corrected chi connectivity index (χ4v) is 12.1. The number of aromatic nitrogens is 2. The van der Waals surface area contributed by atoms with Crippen LogP contribution in [-0.2, 0) is 23.7 Å². The first-order valence-electron chi connectivity index (χ1n) is 13.9. The van der Waals surface area contributed by atoms with Crippen LogP contribution in [0, 0.1) is 0 Å². The van der Waals surface area contributed by atoms with Crippen LogP contribution in [0.1, 0.15) is 19.8 Å². The van der Waals surface area contributed by atoms with Gasteiger partial charge in [-0.1, -0.05) is 58.5 Å². The minimum absolute atomic E-state index is 0.207. The molecule has 0 atom stereocenters. The molecule has 0 N–H and O–H groups in total. The van der Waals surface area contributed by atoms with Gasteiger partial charge in [-0.15, -0.1) is 34.0 Å². The van der Waals surface area contributed by atoms with Crippen molar-refractivity contribution in [3.8, 4) is 0 Å². The van der Waals surface area contributed by atoms with Crippen LogP contribution < -0.4 is 19.3 Å². The fraction of sp³-hybridized carbons (Fsp3) is 0.0588. The second kappa shape index (κ2) is 9.62. The first-order valence-corrected chi connectivity index (χ1v) is 17.9. The molecule has 45 heavy (non-hydrogen) atoms. The average Bonchev–Trinajstić information content (AvgIpc) is 3.83. The van der Waals surface area contributed by atoms with Crippen LogP contribution in [0.3, 0.4) is 0 Å². The van der Waals surface area contributed by atoms with E-state index in [0.29, 0.717) is 9.75 Å². The van der Waals surface area contributed by atoms with Gasteiger partial charge in [-0.3, -0.25) is 9.59 Å². The molecule has 0 saturated heterocycles. The fourth-order valence-electron chi connectivity index (χ4n) is 5.86. The molecule has 6 nitrogen and oxygen atoms in total. The Hall–Kier alpha value is -4.26. The molecule has 0 bridgehead atoms. The standard InChI is InChI=1S/C34H18N2O4S5/c1-35-17-7-3-5-9-19(17)42-25(35)11-15-29(37)27(30(15)38)21-13-23-33(44-21)34-24(41-23)14-22(45-34)28-31(39)16(32(28)40)12-26-36(2)18-8-4-6-10-20(18)43-26/h3-14H,1-2H3. The molecule has 11 heteroatoms. The number of para-hydroxylation sites is 2. The van der Waals surface area contributed by atoms with Crippen molar-refractivity contribution in [2.75, 3.05) is 0 Å². The van der Waals surface area contributed by atoms with E-state index in [4.69, 9.17) is 0 Å². The van der Waals surface area contributed by atoms with Crippen molar-refractivity contribution in [1.29, 1.82) is 0 Å². The summed E-state index contributed by atoms with van der Waals surface area (Å²) in [6, 6.07) is 19.8. The monoisotopic (exact) mass is 678 g/mol. The number of rotatable bonds is 4. The number of carbonyl (C=O) groups is 2. The number of allylic oxidation sites excluding steroid dienone is 4. The topological polar surface area (TPSA) is 88.0 Å². The molecule has 0 spiro atoms. The number of thiophene rings is 3. The van der Waals surface area contributed by atoms with E-state index < -0.39 is 0 Å². The van der Waals surface area contributed by atoms with Crippen LogP contribution in [-0.4, -0.2) is 11.6 Å². The molecule has 0 amide bonds. The highest BCUT2D eigenvalue weighted by Gasteiger charge is 2.34. The molecule has 2 aromatic carbocycles. The summed E-state index contributed by atoms with van der Waals surface area (Å²) in [6.45, 7) is 0. The summed E-state index contributed by atoms with van der Waals surface area (Å²) >= 11 is 7.48.